The van der Waals surface area contributed by atoms with Crippen molar-refractivity contribution in [1.29, 1.82) is 0 Å². The highest BCUT2D eigenvalue weighted by Gasteiger charge is 2.36. The second-order valence-electron chi connectivity index (χ2n) is 13.2. The molecular weight excluding hydrogens is 560 g/mol. The Labute approximate surface area is 269 Å². The summed E-state index contributed by atoms with van der Waals surface area (Å²) < 4.78 is 2.44. The average molecular weight is 597 g/mol. The van der Waals surface area contributed by atoms with Crippen molar-refractivity contribution in [2.24, 2.45) is 0 Å². The lowest BCUT2D eigenvalue weighted by molar-refractivity contribution is 0.203. The van der Waals surface area contributed by atoms with Gasteiger partial charge in [-0.1, -0.05) is 129 Å². The summed E-state index contributed by atoms with van der Waals surface area (Å²) in [6.45, 7) is 4.71. The van der Waals surface area contributed by atoms with Gasteiger partial charge in [-0.15, -0.1) is 0 Å². The van der Waals surface area contributed by atoms with E-state index in [1.165, 1.54) is 60.8 Å². The van der Waals surface area contributed by atoms with E-state index in [9.17, 15) is 0 Å². The number of nitrogens with zero attached hydrogens (tertiary/aromatic N) is 1. The summed E-state index contributed by atoms with van der Waals surface area (Å²) in [5.41, 5.74) is 12.7. The van der Waals surface area contributed by atoms with Crippen molar-refractivity contribution in [3.8, 4) is 16.8 Å². The van der Waals surface area contributed by atoms with E-state index in [0.717, 1.165) is 5.69 Å². The first-order chi connectivity index (χ1) is 22.6. The van der Waals surface area contributed by atoms with Crippen molar-refractivity contribution < 1.29 is 0 Å². The largest absolute Gasteiger partial charge is 0.309 e. The van der Waals surface area contributed by atoms with E-state index < -0.39 is 0 Å². The monoisotopic (exact) mass is 596 g/mol. The van der Waals surface area contributed by atoms with Crippen LogP contribution in [0, 0.1) is 0 Å². The summed E-state index contributed by atoms with van der Waals surface area (Å²) in [4.78, 5) is 0. The zero-order valence-corrected chi connectivity index (χ0v) is 26.0. The maximum Gasteiger partial charge on any atom is 0.0864 e. The lowest BCUT2D eigenvalue weighted by Crippen LogP contribution is -2.54. The maximum atomic E-state index is 3.82. The van der Waals surface area contributed by atoms with Crippen LogP contribution >= 0.6 is 0 Å². The Hall–Kier alpha value is -5.00. The molecule has 2 heterocycles. The summed E-state index contributed by atoms with van der Waals surface area (Å²) >= 11 is 0. The van der Waals surface area contributed by atoms with Gasteiger partial charge in [0.2, 0.25) is 0 Å². The van der Waals surface area contributed by atoms with E-state index in [1.807, 2.05) is 0 Å². The molecule has 1 aliphatic carbocycles. The lowest BCUT2D eigenvalue weighted by Gasteiger charge is -2.39. The minimum Gasteiger partial charge on any atom is -0.309 e. The summed E-state index contributed by atoms with van der Waals surface area (Å²) in [6, 6.07) is 52.9. The molecule has 4 heteroatoms. The molecule has 7 aromatic rings. The number of rotatable bonds is 4. The molecule has 2 aliphatic rings. The quantitative estimate of drug-likeness (QED) is 0.190. The Kier molecular flexibility index (Phi) is 6.26. The van der Waals surface area contributed by atoms with Crippen LogP contribution in [0.2, 0.25) is 0 Å². The second-order valence-corrected chi connectivity index (χ2v) is 13.2. The van der Waals surface area contributed by atoms with Crippen molar-refractivity contribution in [2.75, 3.05) is 0 Å². The van der Waals surface area contributed by atoms with Gasteiger partial charge in [-0.05, 0) is 69.3 Å². The second kappa shape index (κ2) is 10.5. The van der Waals surface area contributed by atoms with Gasteiger partial charge in [0.15, 0.2) is 0 Å². The fourth-order valence-corrected chi connectivity index (χ4v) is 7.77. The molecule has 3 N–H and O–H groups in total. The van der Waals surface area contributed by atoms with Crippen LogP contribution < -0.4 is 16.0 Å². The van der Waals surface area contributed by atoms with Crippen LogP contribution in [0.5, 0.6) is 0 Å². The molecule has 6 aromatic carbocycles. The smallest absolute Gasteiger partial charge is 0.0864 e. The van der Waals surface area contributed by atoms with Crippen molar-refractivity contribution in [3.63, 3.8) is 0 Å². The van der Waals surface area contributed by atoms with Crippen LogP contribution in [0.1, 0.15) is 60.2 Å². The first kappa shape index (κ1) is 27.3. The highest BCUT2D eigenvalue weighted by atomic mass is 15.4. The number of aromatic nitrogens is 1. The van der Waals surface area contributed by atoms with Gasteiger partial charge in [0, 0.05) is 21.9 Å². The number of para-hydroxylation sites is 1. The molecule has 1 fully saturated rings. The van der Waals surface area contributed by atoms with E-state index in [4.69, 9.17) is 0 Å². The molecule has 0 bridgehead atoms. The van der Waals surface area contributed by atoms with Crippen molar-refractivity contribution in [3.05, 3.63) is 173 Å². The Bertz CT molecular complexity index is 2170. The standard InChI is InChI=1S/C42H36N4/c1-42(2)35-19-11-9-17-31(35)33-26-38-34(25-36(33)42)32-18-10-12-20-37(32)46(38)30-23-21-29(22-24-30)41-44-39(27-13-5-3-6-14-27)43-40(45-41)28-15-7-4-8-16-28/h3-26,39-41,43-45H,1-2H3. The van der Waals surface area contributed by atoms with Crippen LogP contribution in [0.4, 0.5) is 0 Å². The number of hydrogen-bond donors (Lipinski definition) is 3. The van der Waals surface area contributed by atoms with Gasteiger partial charge in [-0.25, -0.2) is 0 Å². The molecule has 1 aliphatic heterocycles. The minimum absolute atomic E-state index is 0.00360. The number of fused-ring (bicyclic) bond motifs is 6. The van der Waals surface area contributed by atoms with Crippen LogP contribution in [-0.4, -0.2) is 4.57 Å². The number of hydrogen-bond acceptors (Lipinski definition) is 3. The summed E-state index contributed by atoms with van der Waals surface area (Å²) in [5, 5.41) is 14.0. The third kappa shape index (κ3) is 4.26. The first-order valence-electron chi connectivity index (χ1n) is 16.2. The van der Waals surface area contributed by atoms with Gasteiger partial charge >= 0.3 is 0 Å². The lowest BCUT2D eigenvalue weighted by atomic mass is 9.82. The molecule has 0 spiro atoms. The topological polar surface area (TPSA) is 41.0 Å². The molecule has 0 saturated carbocycles. The summed E-state index contributed by atoms with van der Waals surface area (Å²) in [5.74, 6) is 0. The number of nitrogens with one attached hydrogen (secondary N) is 3. The van der Waals surface area contributed by atoms with Crippen LogP contribution in [0.3, 0.4) is 0 Å². The van der Waals surface area contributed by atoms with Crippen LogP contribution in [0.25, 0.3) is 38.6 Å². The molecule has 224 valence electrons. The summed E-state index contributed by atoms with van der Waals surface area (Å²) in [7, 11) is 0. The summed E-state index contributed by atoms with van der Waals surface area (Å²) in [6.07, 6.45) is -0.0290. The normalized spacial score (nSPS) is 20.1. The molecule has 4 nitrogen and oxygen atoms in total. The Morgan fingerprint density at radius 2 is 1.00 bits per heavy atom. The zero-order chi connectivity index (χ0) is 30.8. The first-order valence-corrected chi connectivity index (χ1v) is 16.2. The highest BCUT2D eigenvalue weighted by Crippen LogP contribution is 2.51. The molecule has 1 aromatic heterocycles. The molecular formula is C42H36N4. The minimum atomic E-state index is -0.0362. The van der Waals surface area contributed by atoms with Gasteiger partial charge in [-0.2, -0.15) is 0 Å². The average Bonchev–Trinajstić information content (AvgIpc) is 3.56. The fraction of sp³-hybridized carbons (Fsp3) is 0.143. The third-order valence-electron chi connectivity index (χ3n) is 10.1. The zero-order valence-electron chi connectivity index (χ0n) is 26.0. The maximum absolute atomic E-state index is 3.82. The Balaban J connectivity index is 1.13. The molecule has 2 unspecified atom stereocenters. The SMILES string of the molecule is CC1(C)c2ccccc2-c2cc3c(cc21)c1ccccc1n3-c1ccc(C2NC(c3ccccc3)NC(c3ccccc3)N2)cc1. The van der Waals surface area contributed by atoms with E-state index in [-0.39, 0.29) is 23.9 Å². The number of benzene rings is 6. The van der Waals surface area contributed by atoms with Crippen molar-refractivity contribution in [1.82, 2.24) is 20.5 Å². The molecule has 1 saturated heterocycles. The van der Waals surface area contributed by atoms with E-state index >= 15 is 0 Å². The van der Waals surface area contributed by atoms with Gasteiger partial charge < -0.3 is 4.57 Å². The molecule has 2 atom stereocenters. The predicted octanol–water partition coefficient (Wildman–Crippen LogP) is 9.27. The fourth-order valence-electron chi connectivity index (χ4n) is 7.77. The predicted molar refractivity (Wildman–Crippen MR) is 189 cm³/mol. The van der Waals surface area contributed by atoms with Gasteiger partial charge in [-0.3, -0.25) is 16.0 Å². The third-order valence-corrected chi connectivity index (χ3v) is 10.1. The molecule has 0 radical (unpaired) electrons. The Morgan fingerprint density at radius 1 is 0.457 bits per heavy atom. The molecule has 0 amide bonds. The van der Waals surface area contributed by atoms with Crippen LogP contribution in [-0.2, 0) is 5.41 Å². The van der Waals surface area contributed by atoms with E-state index in [1.54, 1.807) is 0 Å². The van der Waals surface area contributed by atoms with Crippen LogP contribution in [0.15, 0.2) is 146 Å². The molecule has 46 heavy (non-hydrogen) atoms. The van der Waals surface area contributed by atoms with Gasteiger partial charge in [0.1, 0.15) is 0 Å². The van der Waals surface area contributed by atoms with Gasteiger partial charge in [0.25, 0.3) is 0 Å². The van der Waals surface area contributed by atoms with Gasteiger partial charge in [0.05, 0.1) is 29.5 Å². The highest BCUT2D eigenvalue weighted by molar-refractivity contribution is 6.11. The van der Waals surface area contributed by atoms with E-state index in [2.05, 4.69) is 180 Å². The Morgan fingerprint density at radius 3 is 1.65 bits per heavy atom. The van der Waals surface area contributed by atoms with Crippen molar-refractivity contribution in [2.45, 2.75) is 37.8 Å². The van der Waals surface area contributed by atoms with Crippen molar-refractivity contribution >= 4 is 21.8 Å². The van der Waals surface area contributed by atoms with E-state index in [0.29, 0.717) is 0 Å². The molecule has 9 rings (SSSR count).